The van der Waals surface area contributed by atoms with Gasteiger partial charge in [-0.1, -0.05) is 23.8 Å². The Morgan fingerprint density at radius 3 is 2.68 bits per heavy atom. The van der Waals surface area contributed by atoms with E-state index in [1.165, 1.54) is 11.3 Å². The number of carbonyl (C=O) groups excluding carboxylic acids is 1. The van der Waals surface area contributed by atoms with Crippen LogP contribution in [0.1, 0.15) is 34.8 Å². The predicted octanol–water partition coefficient (Wildman–Crippen LogP) is 4.02. The summed E-state index contributed by atoms with van der Waals surface area (Å²) in [6.45, 7) is 3.67. The van der Waals surface area contributed by atoms with Crippen LogP contribution >= 0.6 is 11.3 Å². The Labute approximate surface area is 131 Å². The number of ether oxygens (including phenoxy) is 1. The van der Waals surface area contributed by atoms with Crippen LogP contribution in [0.2, 0.25) is 0 Å². The Balaban J connectivity index is 1.70. The first-order valence-electron chi connectivity index (χ1n) is 6.78. The maximum absolute atomic E-state index is 12.1. The smallest absolute Gasteiger partial charge is 0.338 e. The number of nitrogens with zero attached hydrogens (tertiary/aromatic N) is 2. The molecule has 0 fully saturated rings. The average Bonchev–Trinajstić information content (AvgIpc) is 3.19. The minimum absolute atomic E-state index is 0.281. The van der Waals surface area contributed by atoms with Gasteiger partial charge in [-0.05, 0) is 37.4 Å². The van der Waals surface area contributed by atoms with Crippen LogP contribution < -0.4 is 0 Å². The summed E-state index contributed by atoms with van der Waals surface area (Å²) in [4.78, 5) is 13.0. The largest absolute Gasteiger partial charge is 0.449 e. The fourth-order valence-electron chi connectivity index (χ4n) is 1.87. The van der Waals surface area contributed by atoms with Gasteiger partial charge in [-0.2, -0.15) is 0 Å². The minimum Gasteiger partial charge on any atom is -0.449 e. The molecule has 6 heteroatoms. The Kier molecular flexibility index (Phi) is 4.02. The van der Waals surface area contributed by atoms with Crippen molar-refractivity contribution < 1.29 is 13.9 Å². The van der Waals surface area contributed by atoms with Gasteiger partial charge in [0.05, 0.1) is 10.4 Å². The highest BCUT2D eigenvalue weighted by Gasteiger charge is 2.20. The maximum Gasteiger partial charge on any atom is 0.338 e. The summed E-state index contributed by atoms with van der Waals surface area (Å²) in [5.74, 6) is 0.301. The zero-order valence-corrected chi connectivity index (χ0v) is 13.0. The quantitative estimate of drug-likeness (QED) is 0.680. The summed E-state index contributed by atoms with van der Waals surface area (Å²) >= 11 is 1.51. The molecule has 0 saturated carbocycles. The summed E-state index contributed by atoms with van der Waals surface area (Å²) in [5, 5.41) is 9.85. The number of thiophene rings is 1. The molecule has 0 N–H and O–H groups in total. The summed E-state index contributed by atoms with van der Waals surface area (Å²) < 4.78 is 10.9. The van der Waals surface area contributed by atoms with Crippen LogP contribution in [-0.2, 0) is 4.74 Å². The summed E-state index contributed by atoms with van der Waals surface area (Å²) in [7, 11) is 0. The first kappa shape index (κ1) is 14.5. The highest BCUT2D eigenvalue weighted by Crippen LogP contribution is 2.26. The number of rotatable bonds is 4. The molecule has 112 valence electrons. The molecule has 0 amide bonds. The Hall–Kier alpha value is -2.47. The maximum atomic E-state index is 12.1. The van der Waals surface area contributed by atoms with Gasteiger partial charge >= 0.3 is 5.97 Å². The second kappa shape index (κ2) is 6.11. The second-order valence-corrected chi connectivity index (χ2v) is 5.78. The summed E-state index contributed by atoms with van der Waals surface area (Å²) in [6, 6.07) is 11.0. The van der Waals surface area contributed by atoms with Gasteiger partial charge in [-0.15, -0.1) is 21.5 Å². The van der Waals surface area contributed by atoms with E-state index < -0.39 is 12.1 Å². The van der Waals surface area contributed by atoms with E-state index in [9.17, 15) is 4.79 Å². The fraction of sp³-hybridized carbons (Fsp3) is 0.188. The highest BCUT2D eigenvalue weighted by molar-refractivity contribution is 7.13. The predicted molar refractivity (Wildman–Crippen MR) is 82.6 cm³/mol. The van der Waals surface area contributed by atoms with Crippen molar-refractivity contribution in [1.82, 2.24) is 10.2 Å². The lowest BCUT2D eigenvalue weighted by Crippen LogP contribution is -2.09. The number of aryl methyl sites for hydroxylation is 1. The molecule has 3 aromatic rings. The van der Waals surface area contributed by atoms with Crippen LogP contribution in [0, 0.1) is 6.92 Å². The lowest BCUT2D eigenvalue weighted by atomic mass is 10.1. The van der Waals surface area contributed by atoms with Gasteiger partial charge in [0, 0.05) is 0 Å². The van der Waals surface area contributed by atoms with E-state index in [2.05, 4.69) is 10.2 Å². The Morgan fingerprint density at radius 2 is 2.00 bits per heavy atom. The Bertz CT molecular complexity index is 763. The summed E-state index contributed by atoms with van der Waals surface area (Å²) in [5.41, 5.74) is 1.58. The van der Waals surface area contributed by atoms with Crippen molar-refractivity contribution in [3.05, 3.63) is 58.8 Å². The molecule has 0 aliphatic rings. The monoisotopic (exact) mass is 314 g/mol. The molecule has 2 aromatic heterocycles. The van der Waals surface area contributed by atoms with E-state index >= 15 is 0 Å². The van der Waals surface area contributed by atoms with Crippen LogP contribution in [0.4, 0.5) is 0 Å². The van der Waals surface area contributed by atoms with Crippen molar-refractivity contribution in [3.63, 3.8) is 0 Å². The van der Waals surface area contributed by atoms with Crippen LogP contribution in [0.15, 0.2) is 46.2 Å². The highest BCUT2D eigenvalue weighted by atomic mass is 32.1. The molecule has 0 spiro atoms. The standard InChI is InChI=1S/C16H14N2O3S/c1-10-5-7-12(8-6-10)16(19)20-11(2)14-17-18-15(21-14)13-4-3-9-22-13/h3-9,11H,1-2H3/t11-/m1/s1. The lowest BCUT2D eigenvalue weighted by Gasteiger charge is -2.09. The number of benzene rings is 1. The number of hydrogen-bond donors (Lipinski definition) is 0. The second-order valence-electron chi connectivity index (χ2n) is 4.84. The van der Waals surface area contributed by atoms with E-state index in [1.807, 2.05) is 36.6 Å². The third-order valence-corrected chi connectivity index (χ3v) is 3.95. The van der Waals surface area contributed by atoms with Crippen LogP contribution in [0.3, 0.4) is 0 Å². The minimum atomic E-state index is -0.602. The number of aromatic nitrogens is 2. The molecule has 2 heterocycles. The van der Waals surface area contributed by atoms with E-state index in [1.54, 1.807) is 19.1 Å². The Morgan fingerprint density at radius 1 is 1.23 bits per heavy atom. The van der Waals surface area contributed by atoms with Gasteiger partial charge < -0.3 is 9.15 Å². The third kappa shape index (κ3) is 3.07. The van der Waals surface area contributed by atoms with Crippen molar-refractivity contribution in [1.29, 1.82) is 0 Å². The molecule has 1 aromatic carbocycles. The zero-order chi connectivity index (χ0) is 15.5. The molecule has 3 rings (SSSR count). The zero-order valence-electron chi connectivity index (χ0n) is 12.1. The third-order valence-electron chi connectivity index (χ3n) is 3.09. The van der Waals surface area contributed by atoms with Crippen molar-refractivity contribution in [2.45, 2.75) is 20.0 Å². The average molecular weight is 314 g/mol. The van der Waals surface area contributed by atoms with Gasteiger partial charge in [-0.3, -0.25) is 0 Å². The molecule has 1 atom stereocenters. The molecule has 0 saturated heterocycles. The van der Waals surface area contributed by atoms with Gasteiger partial charge in [0.1, 0.15) is 0 Å². The SMILES string of the molecule is Cc1ccc(C(=O)O[C@H](C)c2nnc(-c3cccs3)o2)cc1. The van der Waals surface area contributed by atoms with Crippen molar-refractivity contribution >= 4 is 17.3 Å². The van der Waals surface area contributed by atoms with Crippen LogP contribution in [-0.4, -0.2) is 16.2 Å². The molecular formula is C16H14N2O3S. The van der Waals surface area contributed by atoms with E-state index in [0.29, 0.717) is 11.5 Å². The molecule has 0 aliphatic heterocycles. The fourth-order valence-corrected chi connectivity index (χ4v) is 2.51. The van der Waals surface area contributed by atoms with E-state index in [-0.39, 0.29) is 5.89 Å². The van der Waals surface area contributed by atoms with Gasteiger partial charge in [0.2, 0.25) is 0 Å². The molecule has 0 radical (unpaired) electrons. The number of esters is 1. The number of carbonyl (C=O) groups is 1. The van der Waals surface area contributed by atoms with Gasteiger partial charge in [0.15, 0.2) is 6.10 Å². The lowest BCUT2D eigenvalue weighted by molar-refractivity contribution is 0.0280. The molecule has 5 nitrogen and oxygen atoms in total. The summed E-state index contributed by atoms with van der Waals surface area (Å²) in [6.07, 6.45) is -0.602. The van der Waals surface area contributed by atoms with Crippen molar-refractivity contribution in [3.8, 4) is 10.8 Å². The van der Waals surface area contributed by atoms with Gasteiger partial charge in [0.25, 0.3) is 11.8 Å². The van der Waals surface area contributed by atoms with Crippen molar-refractivity contribution in [2.75, 3.05) is 0 Å². The molecule has 0 unspecified atom stereocenters. The van der Waals surface area contributed by atoms with E-state index in [0.717, 1.165) is 10.4 Å². The molecule has 0 bridgehead atoms. The van der Waals surface area contributed by atoms with Crippen LogP contribution in [0.5, 0.6) is 0 Å². The molecular weight excluding hydrogens is 300 g/mol. The topological polar surface area (TPSA) is 65.2 Å². The number of hydrogen-bond acceptors (Lipinski definition) is 6. The normalized spacial score (nSPS) is 12.1. The first-order valence-corrected chi connectivity index (χ1v) is 7.66. The van der Waals surface area contributed by atoms with E-state index in [4.69, 9.17) is 9.15 Å². The van der Waals surface area contributed by atoms with Crippen LogP contribution in [0.25, 0.3) is 10.8 Å². The molecule has 22 heavy (non-hydrogen) atoms. The van der Waals surface area contributed by atoms with Gasteiger partial charge in [-0.25, -0.2) is 4.79 Å². The van der Waals surface area contributed by atoms with Crippen molar-refractivity contribution in [2.24, 2.45) is 0 Å². The first-order chi connectivity index (χ1) is 10.6. The molecule has 0 aliphatic carbocycles.